The van der Waals surface area contributed by atoms with Crippen LogP contribution in [0.25, 0.3) is 11.3 Å². The number of hydrogen-bond acceptors (Lipinski definition) is 3. The highest BCUT2D eigenvalue weighted by atomic mass is 19.1. The molecule has 1 N–H and O–H groups in total. The van der Waals surface area contributed by atoms with Gasteiger partial charge in [-0.25, -0.2) is 4.39 Å². The highest BCUT2D eigenvalue weighted by molar-refractivity contribution is 5.94. The van der Waals surface area contributed by atoms with Crippen LogP contribution in [-0.2, 0) is 0 Å². The molecule has 0 radical (unpaired) electrons. The van der Waals surface area contributed by atoms with Crippen LogP contribution >= 0.6 is 0 Å². The number of pyridine rings is 1. The normalized spacial score (nSPS) is 15.9. The molecule has 0 bridgehead atoms. The Bertz CT molecular complexity index is 709. The number of nitrogens with one attached hydrogen (secondary N) is 1. The summed E-state index contributed by atoms with van der Waals surface area (Å²) in [5.74, 6) is -0.386. The molecule has 1 aromatic carbocycles. The third-order valence-corrected chi connectivity index (χ3v) is 4.61. The SMILES string of the molecule is CCCN1CCC(NC(=O)c2ccc(-c3cccc(F)c3)nc2)CC1. The smallest absolute Gasteiger partial charge is 0.253 e. The molecule has 0 saturated carbocycles. The Hall–Kier alpha value is -2.27. The van der Waals surface area contributed by atoms with Crippen molar-refractivity contribution in [2.75, 3.05) is 19.6 Å². The van der Waals surface area contributed by atoms with Crippen LogP contribution in [0, 0.1) is 5.82 Å². The average molecular weight is 341 g/mol. The first-order valence-corrected chi connectivity index (χ1v) is 8.91. The third-order valence-electron chi connectivity index (χ3n) is 4.61. The highest BCUT2D eigenvalue weighted by Crippen LogP contribution is 2.18. The van der Waals surface area contributed by atoms with Gasteiger partial charge in [-0.15, -0.1) is 0 Å². The number of rotatable bonds is 5. The average Bonchev–Trinajstić information content (AvgIpc) is 2.64. The van der Waals surface area contributed by atoms with Crippen molar-refractivity contribution in [1.29, 1.82) is 0 Å². The monoisotopic (exact) mass is 341 g/mol. The Morgan fingerprint density at radius 2 is 2.08 bits per heavy atom. The zero-order valence-corrected chi connectivity index (χ0v) is 14.5. The summed E-state index contributed by atoms with van der Waals surface area (Å²) in [6.07, 6.45) is 4.70. The van der Waals surface area contributed by atoms with E-state index in [9.17, 15) is 9.18 Å². The van der Waals surface area contributed by atoms with Gasteiger partial charge in [0.2, 0.25) is 0 Å². The standard InChI is InChI=1S/C20H24FN3O/c1-2-10-24-11-8-18(9-12-24)23-20(25)16-6-7-19(22-14-16)15-4-3-5-17(21)13-15/h3-7,13-14,18H,2,8-12H2,1H3,(H,23,25). The first-order chi connectivity index (χ1) is 12.2. The van der Waals surface area contributed by atoms with Crippen molar-refractivity contribution in [3.63, 3.8) is 0 Å². The molecule has 3 rings (SSSR count). The van der Waals surface area contributed by atoms with Crippen LogP contribution in [0.5, 0.6) is 0 Å². The van der Waals surface area contributed by atoms with Crippen molar-refractivity contribution in [1.82, 2.24) is 15.2 Å². The Morgan fingerprint density at radius 1 is 1.28 bits per heavy atom. The van der Waals surface area contributed by atoms with E-state index >= 15 is 0 Å². The van der Waals surface area contributed by atoms with Gasteiger partial charge in [-0.1, -0.05) is 19.1 Å². The summed E-state index contributed by atoms with van der Waals surface area (Å²) in [6, 6.07) is 10.0. The van der Waals surface area contributed by atoms with Crippen molar-refractivity contribution >= 4 is 5.91 Å². The zero-order valence-electron chi connectivity index (χ0n) is 14.5. The lowest BCUT2D eigenvalue weighted by molar-refractivity contribution is 0.0911. The van der Waals surface area contributed by atoms with Crippen LogP contribution in [-0.4, -0.2) is 41.5 Å². The molecule has 1 aliphatic heterocycles. The maximum Gasteiger partial charge on any atom is 0.253 e. The van der Waals surface area contributed by atoms with Crippen LogP contribution < -0.4 is 5.32 Å². The van der Waals surface area contributed by atoms with E-state index in [1.54, 1.807) is 30.5 Å². The molecular weight excluding hydrogens is 317 g/mol. The predicted octanol–water partition coefficient (Wildman–Crippen LogP) is 3.49. The van der Waals surface area contributed by atoms with Gasteiger partial charge in [-0.3, -0.25) is 9.78 Å². The number of nitrogens with zero attached hydrogens (tertiary/aromatic N) is 2. The van der Waals surface area contributed by atoms with E-state index in [-0.39, 0.29) is 17.8 Å². The molecule has 132 valence electrons. The van der Waals surface area contributed by atoms with Crippen LogP contribution in [0.1, 0.15) is 36.5 Å². The van der Waals surface area contributed by atoms with Crippen LogP contribution in [0.3, 0.4) is 0 Å². The van der Waals surface area contributed by atoms with Crippen molar-refractivity contribution in [3.05, 3.63) is 54.0 Å². The van der Waals surface area contributed by atoms with Gasteiger partial charge in [0.15, 0.2) is 0 Å². The summed E-state index contributed by atoms with van der Waals surface area (Å²) < 4.78 is 13.3. The van der Waals surface area contributed by atoms with Gasteiger partial charge in [0, 0.05) is 30.9 Å². The fourth-order valence-electron chi connectivity index (χ4n) is 3.23. The Morgan fingerprint density at radius 3 is 2.72 bits per heavy atom. The summed E-state index contributed by atoms with van der Waals surface area (Å²) >= 11 is 0. The number of piperidine rings is 1. The van der Waals surface area contributed by atoms with Gasteiger partial charge in [0.25, 0.3) is 5.91 Å². The number of hydrogen-bond donors (Lipinski definition) is 1. The largest absolute Gasteiger partial charge is 0.349 e. The second kappa shape index (κ2) is 8.21. The first-order valence-electron chi connectivity index (χ1n) is 8.91. The molecule has 1 aromatic heterocycles. The molecule has 1 amide bonds. The van der Waals surface area contributed by atoms with Gasteiger partial charge in [-0.2, -0.15) is 0 Å². The lowest BCUT2D eigenvalue weighted by Crippen LogP contribution is -2.44. The quantitative estimate of drug-likeness (QED) is 0.905. The second-order valence-electron chi connectivity index (χ2n) is 6.53. The number of likely N-dealkylation sites (tertiary alicyclic amines) is 1. The fraction of sp³-hybridized carbons (Fsp3) is 0.400. The Kier molecular flexibility index (Phi) is 5.76. The first kappa shape index (κ1) is 17.5. The highest BCUT2D eigenvalue weighted by Gasteiger charge is 2.20. The van der Waals surface area contributed by atoms with Gasteiger partial charge in [0.1, 0.15) is 5.82 Å². The van der Waals surface area contributed by atoms with E-state index in [0.717, 1.165) is 32.5 Å². The van der Waals surface area contributed by atoms with E-state index in [1.165, 1.54) is 18.6 Å². The number of aromatic nitrogens is 1. The Balaban J connectivity index is 1.58. The lowest BCUT2D eigenvalue weighted by Gasteiger charge is -2.32. The summed E-state index contributed by atoms with van der Waals surface area (Å²) in [5, 5.41) is 3.10. The van der Waals surface area contributed by atoms with Crippen molar-refractivity contribution < 1.29 is 9.18 Å². The molecule has 25 heavy (non-hydrogen) atoms. The minimum absolute atomic E-state index is 0.0905. The number of benzene rings is 1. The number of carbonyl (C=O) groups is 1. The lowest BCUT2D eigenvalue weighted by atomic mass is 10.0. The molecule has 5 heteroatoms. The third kappa shape index (κ3) is 4.63. The molecule has 2 aromatic rings. The predicted molar refractivity (Wildman–Crippen MR) is 96.9 cm³/mol. The van der Waals surface area contributed by atoms with E-state index in [1.807, 2.05) is 0 Å². The van der Waals surface area contributed by atoms with E-state index in [2.05, 4.69) is 22.1 Å². The molecule has 0 atom stereocenters. The van der Waals surface area contributed by atoms with Crippen LogP contribution in [0.2, 0.25) is 0 Å². The van der Waals surface area contributed by atoms with Crippen molar-refractivity contribution in [2.24, 2.45) is 0 Å². The van der Waals surface area contributed by atoms with E-state index in [0.29, 0.717) is 16.8 Å². The van der Waals surface area contributed by atoms with Gasteiger partial charge >= 0.3 is 0 Å². The second-order valence-corrected chi connectivity index (χ2v) is 6.53. The number of carbonyl (C=O) groups excluding carboxylic acids is 1. The van der Waals surface area contributed by atoms with Crippen LogP contribution in [0.4, 0.5) is 4.39 Å². The number of amides is 1. The minimum Gasteiger partial charge on any atom is -0.349 e. The molecule has 0 aliphatic carbocycles. The maximum atomic E-state index is 13.3. The van der Waals surface area contributed by atoms with Crippen LogP contribution in [0.15, 0.2) is 42.6 Å². The van der Waals surface area contributed by atoms with E-state index < -0.39 is 0 Å². The topological polar surface area (TPSA) is 45.2 Å². The van der Waals surface area contributed by atoms with Crippen molar-refractivity contribution in [2.45, 2.75) is 32.2 Å². The molecule has 2 heterocycles. The zero-order chi connectivity index (χ0) is 17.6. The summed E-state index contributed by atoms with van der Waals surface area (Å²) in [6.45, 7) is 5.39. The molecule has 1 aliphatic rings. The van der Waals surface area contributed by atoms with Gasteiger partial charge in [-0.05, 0) is 50.1 Å². The Labute approximate surface area is 148 Å². The minimum atomic E-state index is -0.296. The molecule has 0 spiro atoms. The van der Waals surface area contributed by atoms with Crippen molar-refractivity contribution in [3.8, 4) is 11.3 Å². The molecular formula is C20H24FN3O. The number of halogens is 1. The molecule has 1 fully saturated rings. The molecule has 0 unspecified atom stereocenters. The molecule has 4 nitrogen and oxygen atoms in total. The molecule has 1 saturated heterocycles. The van der Waals surface area contributed by atoms with Gasteiger partial charge in [0.05, 0.1) is 11.3 Å². The summed E-state index contributed by atoms with van der Waals surface area (Å²) in [5.41, 5.74) is 1.90. The summed E-state index contributed by atoms with van der Waals surface area (Å²) in [4.78, 5) is 19.1. The van der Waals surface area contributed by atoms with E-state index in [4.69, 9.17) is 0 Å². The fourth-order valence-corrected chi connectivity index (χ4v) is 3.23. The maximum absolute atomic E-state index is 13.3. The van der Waals surface area contributed by atoms with Gasteiger partial charge < -0.3 is 10.2 Å². The summed E-state index contributed by atoms with van der Waals surface area (Å²) in [7, 11) is 0.